The van der Waals surface area contributed by atoms with E-state index in [4.69, 9.17) is 23.7 Å². The molecule has 2 aromatic rings. The van der Waals surface area contributed by atoms with Crippen LogP contribution in [-0.4, -0.2) is 117 Å². The number of methoxy groups -OCH3 is 1. The highest BCUT2D eigenvalue weighted by atomic mass is 16.7. The fraction of sp³-hybridized carbons (Fsp3) is 0.531. The van der Waals surface area contributed by atoms with Crippen molar-refractivity contribution in [1.82, 2.24) is 4.90 Å². The number of Topliss-reactive ketones (excluding diaryl/α,β-unsaturated/α-hetero) is 1. The number of morpholine rings is 1. The highest BCUT2D eigenvalue weighted by molar-refractivity contribution is 6.31. The lowest BCUT2D eigenvalue weighted by Gasteiger charge is -2.43. The van der Waals surface area contributed by atoms with E-state index in [2.05, 4.69) is 4.90 Å². The third-order valence-corrected chi connectivity index (χ3v) is 9.92. The lowest BCUT2D eigenvalue weighted by atomic mass is 9.71. The van der Waals surface area contributed by atoms with Crippen molar-refractivity contribution in [2.45, 2.75) is 81.6 Å². The van der Waals surface area contributed by atoms with Crippen molar-refractivity contribution in [3.63, 3.8) is 0 Å². The highest BCUT2D eigenvalue weighted by Crippen LogP contribution is 2.52. The molecule has 3 fully saturated rings. The average molecular weight is 642 g/mol. The summed E-state index contributed by atoms with van der Waals surface area (Å²) in [6.45, 7) is 1.24. The van der Waals surface area contributed by atoms with Crippen LogP contribution in [0.25, 0.3) is 0 Å². The van der Waals surface area contributed by atoms with E-state index in [1.54, 1.807) is 0 Å². The molecule has 3 heterocycles. The van der Waals surface area contributed by atoms with Crippen molar-refractivity contribution >= 4 is 17.3 Å². The number of aliphatic hydroxyl groups is 3. The molecule has 246 valence electrons. The zero-order chi connectivity index (χ0) is 32.7. The van der Waals surface area contributed by atoms with E-state index in [0.29, 0.717) is 13.2 Å². The van der Waals surface area contributed by atoms with Crippen LogP contribution in [0.4, 0.5) is 0 Å². The number of carbonyl (C=O) groups is 3. The van der Waals surface area contributed by atoms with Crippen LogP contribution in [0.3, 0.4) is 0 Å². The number of phenolic OH excluding ortho intramolecular Hbond substituents is 2. The molecular weight excluding hydrogens is 606 g/mol. The van der Waals surface area contributed by atoms with Crippen LogP contribution in [0.1, 0.15) is 74.4 Å². The van der Waals surface area contributed by atoms with Crippen molar-refractivity contribution < 1.29 is 63.6 Å². The second kappa shape index (κ2) is 11.4. The molecule has 14 nitrogen and oxygen atoms in total. The average Bonchev–Trinajstić information content (AvgIpc) is 3.43. The first-order chi connectivity index (χ1) is 22.0. The number of benzene rings is 2. The third-order valence-electron chi connectivity index (χ3n) is 9.92. The maximum Gasteiger partial charge on any atom is 0.198 e. The number of hydrogen-bond donors (Lipinski definition) is 5. The summed E-state index contributed by atoms with van der Waals surface area (Å²) in [4.78, 5) is 42.5. The smallest absolute Gasteiger partial charge is 0.198 e. The molecule has 3 saturated heterocycles. The fourth-order valence-electron chi connectivity index (χ4n) is 7.75. The molecule has 0 spiro atoms. The van der Waals surface area contributed by atoms with Crippen molar-refractivity contribution in [1.29, 1.82) is 0 Å². The fourth-order valence-corrected chi connectivity index (χ4v) is 7.75. The van der Waals surface area contributed by atoms with Crippen LogP contribution in [0.15, 0.2) is 18.2 Å². The van der Waals surface area contributed by atoms with Gasteiger partial charge in [0.05, 0.1) is 36.5 Å². The quantitative estimate of drug-likeness (QED) is 0.228. The Balaban J connectivity index is 1.30. The van der Waals surface area contributed by atoms with Gasteiger partial charge in [-0.2, -0.15) is 0 Å². The Morgan fingerprint density at radius 1 is 1.09 bits per heavy atom. The Morgan fingerprint density at radius 3 is 2.57 bits per heavy atom. The highest BCUT2D eigenvalue weighted by Gasteiger charge is 2.55. The van der Waals surface area contributed by atoms with Gasteiger partial charge in [0.25, 0.3) is 0 Å². The van der Waals surface area contributed by atoms with Gasteiger partial charge in [-0.05, 0) is 12.5 Å². The third kappa shape index (κ3) is 4.55. The zero-order valence-electron chi connectivity index (χ0n) is 25.2. The van der Waals surface area contributed by atoms with Crippen LogP contribution in [0.5, 0.6) is 11.5 Å². The molecule has 2 aliphatic carbocycles. The van der Waals surface area contributed by atoms with Gasteiger partial charge < -0.3 is 49.2 Å². The molecule has 46 heavy (non-hydrogen) atoms. The molecule has 2 aromatic carbocycles. The Labute approximate surface area is 263 Å². The van der Waals surface area contributed by atoms with Crippen molar-refractivity contribution in [2.24, 2.45) is 0 Å². The van der Waals surface area contributed by atoms with Crippen LogP contribution in [0.2, 0.25) is 0 Å². The van der Waals surface area contributed by atoms with E-state index >= 15 is 0 Å². The molecule has 0 amide bonds. The largest absolute Gasteiger partial charge is 0.507 e. The maximum atomic E-state index is 13.8. The van der Waals surface area contributed by atoms with Gasteiger partial charge in [-0.3, -0.25) is 19.3 Å². The normalized spacial score (nSPS) is 33.5. The van der Waals surface area contributed by atoms with Crippen LogP contribution < -0.4 is 0 Å². The maximum absolute atomic E-state index is 13.8. The van der Waals surface area contributed by atoms with Gasteiger partial charge in [0, 0.05) is 61.2 Å². The number of rotatable bonds is 6. The number of nitrogens with zero attached hydrogens (tertiary/aromatic N) is 1. The van der Waals surface area contributed by atoms with E-state index in [9.17, 15) is 39.9 Å². The Kier molecular flexibility index (Phi) is 7.78. The molecule has 0 aromatic heterocycles. The minimum Gasteiger partial charge on any atom is -0.507 e. The molecule has 7 rings (SSSR count). The van der Waals surface area contributed by atoms with Gasteiger partial charge in [0.2, 0.25) is 0 Å². The van der Waals surface area contributed by atoms with Crippen LogP contribution in [-0.2, 0) is 41.5 Å². The first kappa shape index (κ1) is 31.3. The van der Waals surface area contributed by atoms with Gasteiger partial charge in [-0.25, -0.2) is 0 Å². The summed E-state index contributed by atoms with van der Waals surface area (Å²) >= 11 is 0. The standard InChI is InChI=1S/C32H35NO13/c1-13-29-17(33-6-7-43-31(42-2)30(33)46-29)8-20(44-13)45-18-10-32(41,19(36)12-35)9-16-22(18)28(40)24-23(26(16)38)25(37)15-5-3-4-14(11-34)21(15)27(24)39/h3-5,13,17-18,20,29-31,34-35,38,40-41H,6-12H2,1-2H3/t13-,17-,18-,20-,29+,30+,31-,32-/m0/s1. The lowest BCUT2D eigenvalue weighted by molar-refractivity contribution is -0.256. The molecule has 5 aliphatic rings. The van der Waals surface area contributed by atoms with Crippen molar-refractivity contribution in [2.75, 3.05) is 26.9 Å². The number of aromatic hydroxyl groups is 2. The summed E-state index contributed by atoms with van der Waals surface area (Å²) in [5, 5.41) is 54.4. The topological polar surface area (TPSA) is 202 Å². The molecule has 0 saturated carbocycles. The van der Waals surface area contributed by atoms with E-state index < -0.39 is 103 Å². The summed E-state index contributed by atoms with van der Waals surface area (Å²) in [5.41, 5.74) is -3.43. The van der Waals surface area contributed by atoms with Gasteiger partial charge >= 0.3 is 0 Å². The second-order valence-electron chi connectivity index (χ2n) is 12.4. The molecule has 0 unspecified atom stereocenters. The Morgan fingerprint density at radius 2 is 1.85 bits per heavy atom. The van der Waals surface area contributed by atoms with Gasteiger partial charge in [-0.15, -0.1) is 0 Å². The van der Waals surface area contributed by atoms with Crippen LogP contribution >= 0.6 is 0 Å². The van der Waals surface area contributed by atoms with E-state index in [1.807, 2.05) is 6.92 Å². The Hall–Kier alpha value is -3.31. The van der Waals surface area contributed by atoms with Crippen LogP contribution in [0, 0.1) is 0 Å². The van der Waals surface area contributed by atoms with Gasteiger partial charge in [0.15, 0.2) is 36.2 Å². The van der Waals surface area contributed by atoms with Gasteiger partial charge in [0.1, 0.15) is 29.8 Å². The first-order valence-electron chi connectivity index (χ1n) is 15.2. The number of carbonyl (C=O) groups excluding carboxylic acids is 3. The number of hydrogen-bond acceptors (Lipinski definition) is 14. The number of ketones is 3. The SMILES string of the molecule is CO[C@H]1OCCN2[C@@H]1O[C@@H]1[C@H](C)O[C@@H](O[C@H]3C[C@](O)(C(=O)CO)Cc4c(O)c5c(c(O)c43)C(=O)c3c(CO)cccc3C5=O)C[C@@H]12. The summed E-state index contributed by atoms with van der Waals surface area (Å²) in [5.74, 6) is -3.85. The second-order valence-corrected chi connectivity index (χ2v) is 12.4. The molecule has 0 bridgehead atoms. The number of ether oxygens (including phenoxy) is 5. The molecule has 5 N–H and O–H groups in total. The summed E-state index contributed by atoms with van der Waals surface area (Å²) < 4.78 is 30.0. The number of aliphatic hydroxyl groups excluding tert-OH is 2. The lowest BCUT2D eigenvalue weighted by Crippen LogP contribution is -2.55. The molecule has 0 radical (unpaired) electrons. The summed E-state index contributed by atoms with van der Waals surface area (Å²) in [7, 11) is 1.53. The molecule has 3 aliphatic heterocycles. The molecular formula is C32H35NO13. The summed E-state index contributed by atoms with van der Waals surface area (Å²) in [6, 6.07) is 4.16. The predicted molar refractivity (Wildman–Crippen MR) is 153 cm³/mol. The minimum atomic E-state index is -2.24. The number of phenols is 2. The monoisotopic (exact) mass is 641 g/mol. The Bertz CT molecular complexity index is 1630. The van der Waals surface area contributed by atoms with E-state index in [0.717, 1.165) is 0 Å². The molecule has 14 heteroatoms. The summed E-state index contributed by atoms with van der Waals surface area (Å²) in [6.07, 6.45) is -4.89. The van der Waals surface area contributed by atoms with E-state index in [-0.39, 0.29) is 46.4 Å². The van der Waals surface area contributed by atoms with Crippen molar-refractivity contribution in [3.8, 4) is 11.5 Å². The zero-order valence-corrected chi connectivity index (χ0v) is 25.2. The van der Waals surface area contributed by atoms with Gasteiger partial charge in [-0.1, -0.05) is 18.2 Å². The molecule has 8 atom stereocenters. The first-order valence-corrected chi connectivity index (χ1v) is 15.2. The van der Waals surface area contributed by atoms with Crippen molar-refractivity contribution in [3.05, 3.63) is 57.1 Å². The predicted octanol–water partition coefficient (Wildman–Crippen LogP) is 0.195. The number of fused-ring (bicyclic) bond motifs is 6. The van der Waals surface area contributed by atoms with E-state index in [1.165, 1.54) is 25.3 Å². The minimum absolute atomic E-state index is 0.0703.